The summed E-state index contributed by atoms with van der Waals surface area (Å²) in [4.78, 5) is 55.3. The van der Waals surface area contributed by atoms with Gasteiger partial charge in [0.25, 0.3) is 5.56 Å². The number of para-hydroxylation sites is 1. The van der Waals surface area contributed by atoms with Gasteiger partial charge in [-0.05, 0) is 19.1 Å². The van der Waals surface area contributed by atoms with Crippen molar-refractivity contribution in [2.75, 3.05) is 18.0 Å². The lowest BCUT2D eigenvalue weighted by Gasteiger charge is -2.39. The van der Waals surface area contributed by atoms with Gasteiger partial charge in [-0.3, -0.25) is 19.4 Å². The van der Waals surface area contributed by atoms with Crippen LogP contribution in [0.4, 0.5) is 5.69 Å². The molecule has 1 fully saturated rings. The van der Waals surface area contributed by atoms with Crippen LogP contribution in [0.5, 0.6) is 0 Å². The van der Waals surface area contributed by atoms with Crippen molar-refractivity contribution in [3.63, 3.8) is 0 Å². The summed E-state index contributed by atoms with van der Waals surface area (Å²) in [5.41, 5.74) is -0.257. The Kier molecular flexibility index (Phi) is 4.90. The molecule has 9 nitrogen and oxygen atoms in total. The summed E-state index contributed by atoms with van der Waals surface area (Å²) in [7, 11) is 0. The van der Waals surface area contributed by atoms with Crippen molar-refractivity contribution in [2.24, 2.45) is 0 Å². The number of aromatic amines is 2. The lowest BCUT2D eigenvalue weighted by molar-refractivity contribution is -0.138. The van der Waals surface area contributed by atoms with Gasteiger partial charge in [-0.25, -0.2) is 4.79 Å². The molecule has 1 saturated heterocycles. The Bertz CT molecular complexity index is 1050. The first-order valence-electron chi connectivity index (χ1n) is 8.30. The van der Waals surface area contributed by atoms with Crippen LogP contribution in [0.15, 0.2) is 40.1 Å². The number of nitrogens with one attached hydrogen (secondary N) is 2. The molecule has 2 amide bonds. The fourth-order valence-electron chi connectivity index (χ4n) is 3.06. The Morgan fingerprint density at radius 3 is 2.74 bits per heavy atom. The van der Waals surface area contributed by atoms with Crippen LogP contribution in [0.3, 0.4) is 0 Å². The van der Waals surface area contributed by atoms with Crippen LogP contribution >= 0.6 is 0 Å². The Balaban J connectivity index is 1.78. The van der Waals surface area contributed by atoms with Crippen LogP contribution in [-0.4, -0.2) is 45.8 Å². The van der Waals surface area contributed by atoms with Gasteiger partial charge >= 0.3 is 5.69 Å². The highest BCUT2D eigenvalue weighted by molar-refractivity contribution is 5.99. The highest BCUT2D eigenvalue weighted by Gasteiger charge is 2.34. The number of rotatable bonds is 3. The molecule has 1 aliphatic rings. The molecule has 1 aromatic heterocycles. The van der Waals surface area contributed by atoms with E-state index in [2.05, 4.69) is 16.0 Å². The van der Waals surface area contributed by atoms with Crippen molar-refractivity contribution < 1.29 is 9.59 Å². The first kappa shape index (κ1) is 18.1. The van der Waals surface area contributed by atoms with Gasteiger partial charge in [0.05, 0.1) is 17.7 Å². The Morgan fingerprint density at radius 2 is 2.04 bits per heavy atom. The van der Waals surface area contributed by atoms with E-state index in [9.17, 15) is 24.4 Å². The molecule has 9 heteroatoms. The summed E-state index contributed by atoms with van der Waals surface area (Å²) in [5, 5.41) is 9.24. The minimum absolute atomic E-state index is 0.122. The molecule has 2 N–H and O–H groups in total. The molecule has 2 aromatic rings. The summed E-state index contributed by atoms with van der Waals surface area (Å²) in [6.07, 6.45) is 0.976. The standard InChI is InChI=1S/C18H17N5O4/c1-11-9-23(14-5-3-2-4-12(14)7-19)16(25)10-22(11)15(24)6-13-8-20-18(27)21-17(13)26/h2-5,8,11H,6,9-10H2,1H3,(H2,20,21,26,27)/t11-/m1/s1. The summed E-state index contributed by atoms with van der Waals surface area (Å²) in [6, 6.07) is 8.55. The van der Waals surface area contributed by atoms with E-state index in [1.54, 1.807) is 31.2 Å². The van der Waals surface area contributed by atoms with E-state index in [0.29, 0.717) is 11.3 Å². The summed E-state index contributed by atoms with van der Waals surface area (Å²) in [6.45, 7) is 1.88. The van der Waals surface area contributed by atoms with Crippen molar-refractivity contribution in [3.05, 3.63) is 62.4 Å². The Labute approximate surface area is 153 Å². The number of nitrogens with zero attached hydrogens (tertiary/aromatic N) is 3. The molecule has 1 aromatic carbocycles. The Hall–Kier alpha value is -3.67. The third kappa shape index (κ3) is 3.64. The predicted octanol–water partition coefficient (Wildman–Crippen LogP) is -0.259. The van der Waals surface area contributed by atoms with Crippen molar-refractivity contribution in [2.45, 2.75) is 19.4 Å². The SMILES string of the molecule is C[C@@H]1CN(c2ccccc2C#N)C(=O)CN1C(=O)Cc1c[nH]c(=O)[nH]c1=O. The van der Waals surface area contributed by atoms with Crippen LogP contribution in [-0.2, 0) is 16.0 Å². The second-order valence-electron chi connectivity index (χ2n) is 6.28. The van der Waals surface area contributed by atoms with Crippen molar-refractivity contribution in [1.82, 2.24) is 14.9 Å². The molecule has 27 heavy (non-hydrogen) atoms. The molecule has 0 bridgehead atoms. The number of piperazine rings is 1. The maximum Gasteiger partial charge on any atom is 0.325 e. The van der Waals surface area contributed by atoms with E-state index in [-0.39, 0.29) is 42.9 Å². The van der Waals surface area contributed by atoms with Gasteiger partial charge in [0.2, 0.25) is 11.8 Å². The van der Waals surface area contributed by atoms with Crippen molar-refractivity contribution >= 4 is 17.5 Å². The second kappa shape index (κ2) is 7.29. The topological polar surface area (TPSA) is 130 Å². The summed E-state index contributed by atoms with van der Waals surface area (Å²) < 4.78 is 0. The molecule has 0 spiro atoms. The smallest absolute Gasteiger partial charge is 0.325 e. The van der Waals surface area contributed by atoms with Crippen LogP contribution in [0, 0.1) is 11.3 Å². The highest BCUT2D eigenvalue weighted by Crippen LogP contribution is 2.24. The van der Waals surface area contributed by atoms with Gasteiger partial charge in [-0.1, -0.05) is 12.1 Å². The van der Waals surface area contributed by atoms with Gasteiger partial charge in [0.1, 0.15) is 12.6 Å². The van der Waals surface area contributed by atoms with E-state index in [1.165, 1.54) is 16.0 Å². The predicted molar refractivity (Wildman–Crippen MR) is 96.1 cm³/mol. The molecular weight excluding hydrogens is 350 g/mol. The molecule has 1 aliphatic heterocycles. The number of hydrogen-bond acceptors (Lipinski definition) is 5. The monoisotopic (exact) mass is 367 g/mol. The molecule has 2 heterocycles. The van der Waals surface area contributed by atoms with Crippen molar-refractivity contribution in [1.29, 1.82) is 5.26 Å². The number of hydrogen-bond donors (Lipinski definition) is 2. The minimum atomic E-state index is -0.649. The Morgan fingerprint density at radius 1 is 1.30 bits per heavy atom. The van der Waals surface area contributed by atoms with Gasteiger partial charge in [0, 0.05) is 24.3 Å². The van der Waals surface area contributed by atoms with Crippen LogP contribution in [0.1, 0.15) is 18.1 Å². The number of H-pyrrole nitrogens is 2. The molecular formula is C18H17N5O4. The average Bonchev–Trinajstić information content (AvgIpc) is 2.65. The maximum absolute atomic E-state index is 12.6. The number of carbonyl (C=O) groups excluding carboxylic acids is 2. The zero-order valence-electron chi connectivity index (χ0n) is 14.6. The minimum Gasteiger partial charge on any atom is -0.329 e. The quantitative estimate of drug-likeness (QED) is 0.772. The number of carbonyl (C=O) groups is 2. The number of anilines is 1. The van der Waals surface area contributed by atoms with Crippen molar-refractivity contribution in [3.8, 4) is 6.07 Å². The van der Waals surface area contributed by atoms with Gasteiger partial charge < -0.3 is 14.8 Å². The molecule has 0 saturated carbocycles. The molecule has 1 atom stereocenters. The largest absolute Gasteiger partial charge is 0.329 e. The number of aromatic nitrogens is 2. The lowest BCUT2D eigenvalue weighted by atomic mass is 10.1. The van der Waals surface area contributed by atoms with E-state index >= 15 is 0 Å². The fraction of sp³-hybridized carbons (Fsp3) is 0.278. The fourth-order valence-corrected chi connectivity index (χ4v) is 3.06. The number of amides is 2. The summed E-state index contributed by atoms with van der Waals surface area (Å²) >= 11 is 0. The third-order valence-electron chi connectivity index (χ3n) is 4.46. The first-order chi connectivity index (χ1) is 12.9. The number of nitriles is 1. The van der Waals surface area contributed by atoms with Crippen LogP contribution < -0.4 is 16.1 Å². The average molecular weight is 367 g/mol. The van der Waals surface area contributed by atoms with Gasteiger partial charge in [0.15, 0.2) is 0 Å². The van der Waals surface area contributed by atoms with E-state index in [1.807, 2.05) is 0 Å². The maximum atomic E-state index is 12.6. The van der Waals surface area contributed by atoms with Gasteiger partial charge in [-0.2, -0.15) is 5.26 Å². The zero-order valence-corrected chi connectivity index (χ0v) is 14.6. The van der Waals surface area contributed by atoms with Crippen LogP contribution in [0.25, 0.3) is 0 Å². The van der Waals surface area contributed by atoms with E-state index < -0.39 is 11.2 Å². The van der Waals surface area contributed by atoms with Gasteiger partial charge in [-0.15, -0.1) is 0 Å². The molecule has 138 valence electrons. The molecule has 3 rings (SSSR count). The second-order valence-corrected chi connectivity index (χ2v) is 6.28. The molecule has 0 radical (unpaired) electrons. The molecule has 0 unspecified atom stereocenters. The zero-order chi connectivity index (χ0) is 19.6. The highest BCUT2D eigenvalue weighted by atomic mass is 16.2. The lowest BCUT2D eigenvalue weighted by Crippen LogP contribution is -2.57. The third-order valence-corrected chi connectivity index (χ3v) is 4.46. The number of benzene rings is 1. The molecule has 0 aliphatic carbocycles. The first-order valence-corrected chi connectivity index (χ1v) is 8.30. The summed E-state index contributed by atoms with van der Waals surface area (Å²) in [5.74, 6) is -0.693. The van der Waals surface area contributed by atoms with E-state index in [0.717, 1.165) is 0 Å². The normalized spacial score (nSPS) is 16.9. The van der Waals surface area contributed by atoms with E-state index in [4.69, 9.17) is 0 Å². The van der Waals surface area contributed by atoms with Crippen LogP contribution in [0.2, 0.25) is 0 Å².